The van der Waals surface area contributed by atoms with E-state index in [2.05, 4.69) is 15.9 Å². The van der Waals surface area contributed by atoms with Gasteiger partial charge >= 0.3 is 0 Å². The van der Waals surface area contributed by atoms with Crippen LogP contribution in [0.5, 0.6) is 11.5 Å². The predicted octanol–water partition coefficient (Wildman–Crippen LogP) is 6.90. The van der Waals surface area contributed by atoms with E-state index < -0.39 is 0 Å². The number of imide groups is 1. The maximum atomic E-state index is 13.1. The van der Waals surface area contributed by atoms with Crippen molar-refractivity contribution in [3.05, 3.63) is 98.1 Å². The number of benzene rings is 3. The third kappa shape index (κ3) is 6.32. The lowest BCUT2D eigenvalue weighted by molar-refractivity contribution is -0.123. The van der Waals surface area contributed by atoms with Crippen molar-refractivity contribution in [3.8, 4) is 11.5 Å². The number of amides is 2. The van der Waals surface area contributed by atoms with Crippen LogP contribution in [0.25, 0.3) is 6.08 Å². The molecule has 8 heteroatoms. The fourth-order valence-corrected chi connectivity index (χ4v) is 4.80. The molecule has 1 fully saturated rings. The van der Waals surface area contributed by atoms with E-state index in [-0.39, 0.29) is 30.1 Å². The SMILES string of the molecule is Cc1ccc(C)c(OCCN2C(=O)S/C(=C\c3ccc(OCc4ccc(F)cc4)c(Br)c3)C2=O)c1. The van der Waals surface area contributed by atoms with Gasteiger partial charge in [0.2, 0.25) is 0 Å². The topological polar surface area (TPSA) is 55.8 Å². The van der Waals surface area contributed by atoms with Crippen molar-refractivity contribution in [3.63, 3.8) is 0 Å². The molecule has 0 spiro atoms. The summed E-state index contributed by atoms with van der Waals surface area (Å²) in [6.07, 6.45) is 1.69. The minimum Gasteiger partial charge on any atom is -0.491 e. The van der Waals surface area contributed by atoms with Gasteiger partial charge in [-0.3, -0.25) is 14.5 Å². The van der Waals surface area contributed by atoms with Crippen LogP contribution < -0.4 is 9.47 Å². The number of rotatable bonds is 8. The molecular weight excluding hydrogens is 533 g/mol. The van der Waals surface area contributed by atoms with Crippen LogP contribution in [0.2, 0.25) is 0 Å². The molecule has 4 rings (SSSR count). The minimum absolute atomic E-state index is 0.176. The monoisotopic (exact) mass is 555 g/mol. The molecule has 1 aliphatic heterocycles. The van der Waals surface area contributed by atoms with E-state index in [1.165, 1.54) is 17.0 Å². The second-order valence-corrected chi connectivity index (χ2v) is 9.90. The van der Waals surface area contributed by atoms with Crippen molar-refractivity contribution in [1.29, 1.82) is 0 Å². The third-order valence-corrected chi connectivity index (χ3v) is 6.88. The number of hydrogen-bond acceptors (Lipinski definition) is 5. The zero-order chi connectivity index (χ0) is 24.9. The van der Waals surface area contributed by atoms with Gasteiger partial charge in [0.25, 0.3) is 11.1 Å². The predicted molar refractivity (Wildman–Crippen MR) is 139 cm³/mol. The zero-order valence-electron chi connectivity index (χ0n) is 19.2. The summed E-state index contributed by atoms with van der Waals surface area (Å²) >= 11 is 4.40. The van der Waals surface area contributed by atoms with E-state index in [4.69, 9.17) is 9.47 Å². The molecule has 1 saturated heterocycles. The molecule has 1 heterocycles. The summed E-state index contributed by atoms with van der Waals surface area (Å²) in [5.41, 5.74) is 3.68. The molecule has 3 aromatic rings. The van der Waals surface area contributed by atoms with Gasteiger partial charge in [0, 0.05) is 0 Å². The number of carbonyl (C=O) groups is 2. The smallest absolute Gasteiger partial charge is 0.293 e. The number of halogens is 2. The van der Waals surface area contributed by atoms with Gasteiger partial charge in [-0.15, -0.1) is 0 Å². The lowest BCUT2D eigenvalue weighted by atomic mass is 10.1. The average molecular weight is 556 g/mol. The van der Waals surface area contributed by atoms with E-state index in [0.29, 0.717) is 21.7 Å². The van der Waals surface area contributed by atoms with Crippen LogP contribution in [0.15, 0.2) is 70.0 Å². The Labute approximate surface area is 216 Å². The van der Waals surface area contributed by atoms with Gasteiger partial charge in [-0.25, -0.2) is 4.39 Å². The zero-order valence-corrected chi connectivity index (χ0v) is 21.6. The molecule has 0 radical (unpaired) electrons. The highest BCUT2D eigenvalue weighted by Gasteiger charge is 2.34. The second-order valence-electron chi connectivity index (χ2n) is 8.06. The van der Waals surface area contributed by atoms with Gasteiger partial charge in [0.15, 0.2) is 0 Å². The number of thioether (sulfide) groups is 1. The van der Waals surface area contributed by atoms with Crippen molar-refractivity contribution in [2.24, 2.45) is 0 Å². The van der Waals surface area contributed by atoms with Crippen LogP contribution in [0.4, 0.5) is 9.18 Å². The maximum absolute atomic E-state index is 13.1. The first-order valence-corrected chi connectivity index (χ1v) is 12.5. The average Bonchev–Trinajstić information content (AvgIpc) is 3.09. The largest absolute Gasteiger partial charge is 0.491 e. The highest BCUT2D eigenvalue weighted by molar-refractivity contribution is 9.10. The second kappa shape index (κ2) is 11.1. The standard InChI is InChI=1S/C27H23BrFNO4S/c1-17-3-4-18(2)24(13-17)33-12-11-30-26(31)25(35-27(30)32)15-20-7-10-23(22(28)14-20)34-16-19-5-8-21(29)9-6-19/h3-10,13-15H,11-12,16H2,1-2H3/b25-15-. The van der Waals surface area contributed by atoms with Crippen LogP contribution in [0, 0.1) is 19.7 Å². The molecule has 0 aliphatic carbocycles. The lowest BCUT2D eigenvalue weighted by Gasteiger charge is -2.14. The van der Waals surface area contributed by atoms with E-state index in [1.54, 1.807) is 24.3 Å². The molecule has 0 bridgehead atoms. The first-order chi connectivity index (χ1) is 16.8. The van der Waals surface area contributed by atoms with Crippen LogP contribution in [-0.4, -0.2) is 29.2 Å². The Balaban J connectivity index is 1.37. The summed E-state index contributed by atoms with van der Waals surface area (Å²) < 4.78 is 25.4. The molecule has 0 aromatic heterocycles. The third-order valence-electron chi connectivity index (χ3n) is 5.35. The summed E-state index contributed by atoms with van der Waals surface area (Å²) in [7, 11) is 0. The Bertz CT molecular complexity index is 1290. The van der Waals surface area contributed by atoms with Crippen molar-refractivity contribution in [1.82, 2.24) is 4.90 Å². The molecule has 0 saturated carbocycles. The first-order valence-electron chi connectivity index (χ1n) is 10.9. The van der Waals surface area contributed by atoms with Gasteiger partial charge < -0.3 is 9.47 Å². The van der Waals surface area contributed by atoms with Crippen LogP contribution in [0.1, 0.15) is 22.3 Å². The summed E-state index contributed by atoms with van der Waals surface area (Å²) in [5.74, 6) is 0.734. The first kappa shape index (κ1) is 25.0. The summed E-state index contributed by atoms with van der Waals surface area (Å²) in [6.45, 7) is 4.63. The quantitative estimate of drug-likeness (QED) is 0.283. The van der Waals surface area contributed by atoms with Crippen LogP contribution in [-0.2, 0) is 11.4 Å². The molecular formula is C27H23BrFNO4S. The van der Waals surface area contributed by atoms with E-state index >= 15 is 0 Å². The summed E-state index contributed by atoms with van der Waals surface area (Å²) in [5, 5.41) is -0.316. The molecule has 1 aliphatic rings. The normalized spacial score (nSPS) is 14.6. The highest BCUT2D eigenvalue weighted by atomic mass is 79.9. The Morgan fingerprint density at radius 3 is 2.49 bits per heavy atom. The Morgan fingerprint density at radius 1 is 0.971 bits per heavy atom. The number of hydrogen-bond donors (Lipinski definition) is 0. The summed E-state index contributed by atoms with van der Waals surface area (Å²) in [6, 6.07) is 17.4. The van der Waals surface area contributed by atoms with Gasteiger partial charge in [-0.2, -0.15) is 0 Å². The van der Waals surface area contributed by atoms with Crippen molar-refractivity contribution >= 4 is 44.9 Å². The molecule has 5 nitrogen and oxygen atoms in total. The molecule has 3 aromatic carbocycles. The van der Waals surface area contributed by atoms with Crippen LogP contribution >= 0.6 is 27.7 Å². The van der Waals surface area contributed by atoms with E-state index in [0.717, 1.165) is 39.8 Å². The Morgan fingerprint density at radius 2 is 1.74 bits per heavy atom. The summed E-state index contributed by atoms with van der Waals surface area (Å²) in [4.78, 5) is 26.8. The van der Waals surface area contributed by atoms with Gasteiger partial charge in [-0.05, 0) is 100 Å². The molecule has 0 atom stereocenters. The molecule has 180 valence electrons. The van der Waals surface area contributed by atoms with Crippen LogP contribution in [0.3, 0.4) is 0 Å². The molecule has 0 N–H and O–H groups in total. The highest BCUT2D eigenvalue weighted by Crippen LogP contribution is 2.34. The fourth-order valence-electron chi connectivity index (χ4n) is 3.42. The molecule has 0 unspecified atom stereocenters. The maximum Gasteiger partial charge on any atom is 0.293 e. The lowest BCUT2D eigenvalue weighted by Crippen LogP contribution is -2.32. The van der Waals surface area contributed by atoms with Crippen molar-refractivity contribution < 1.29 is 23.5 Å². The van der Waals surface area contributed by atoms with E-state index in [9.17, 15) is 14.0 Å². The van der Waals surface area contributed by atoms with E-state index in [1.807, 2.05) is 44.2 Å². The fraction of sp³-hybridized carbons (Fsp3) is 0.185. The Hall–Kier alpha value is -3.10. The number of aryl methyl sites for hydroxylation is 2. The Kier molecular flexibility index (Phi) is 7.93. The van der Waals surface area contributed by atoms with Gasteiger partial charge in [-0.1, -0.05) is 30.3 Å². The van der Waals surface area contributed by atoms with Crippen molar-refractivity contribution in [2.45, 2.75) is 20.5 Å². The molecule has 2 amide bonds. The number of ether oxygens (including phenoxy) is 2. The number of nitrogens with zero attached hydrogens (tertiary/aromatic N) is 1. The molecule has 35 heavy (non-hydrogen) atoms. The minimum atomic E-state index is -0.336. The van der Waals surface area contributed by atoms with Gasteiger partial charge in [0.1, 0.15) is 30.5 Å². The number of carbonyl (C=O) groups excluding carboxylic acids is 2. The van der Waals surface area contributed by atoms with Gasteiger partial charge in [0.05, 0.1) is 15.9 Å². The van der Waals surface area contributed by atoms with Crippen molar-refractivity contribution in [2.75, 3.05) is 13.2 Å².